The van der Waals surface area contributed by atoms with Gasteiger partial charge >= 0.3 is 0 Å². The van der Waals surface area contributed by atoms with E-state index >= 15 is 0 Å². The number of carbonyl (C=O) groups is 2. The summed E-state index contributed by atoms with van der Waals surface area (Å²) < 4.78 is 11.0. The van der Waals surface area contributed by atoms with Crippen LogP contribution in [0.1, 0.15) is 44.7 Å². The topological polar surface area (TPSA) is 67.9 Å². The van der Waals surface area contributed by atoms with Crippen molar-refractivity contribution in [3.63, 3.8) is 0 Å². The summed E-state index contributed by atoms with van der Waals surface area (Å²) in [4.78, 5) is 27.8. The van der Waals surface area contributed by atoms with Gasteiger partial charge in [-0.05, 0) is 62.1 Å². The number of rotatable bonds is 11. The van der Waals surface area contributed by atoms with E-state index in [1.165, 1.54) is 0 Å². The Balaban J connectivity index is 2.23. The van der Waals surface area contributed by atoms with E-state index in [1.54, 1.807) is 12.0 Å². The molecular weight excluding hydrogens is 392 g/mol. The average molecular weight is 427 g/mol. The molecule has 0 heterocycles. The maximum Gasteiger partial charge on any atom is 0.261 e. The summed E-state index contributed by atoms with van der Waals surface area (Å²) in [6.07, 6.45) is 1.32. The lowest BCUT2D eigenvalue weighted by atomic mass is 10.1. The van der Waals surface area contributed by atoms with Crippen LogP contribution < -0.4 is 14.8 Å². The van der Waals surface area contributed by atoms with Gasteiger partial charge in [-0.25, -0.2) is 0 Å². The van der Waals surface area contributed by atoms with E-state index < -0.39 is 6.04 Å². The van der Waals surface area contributed by atoms with Crippen LogP contribution in [0.25, 0.3) is 0 Å². The van der Waals surface area contributed by atoms with Crippen molar-refractivity contribution >= 4 is 11.8 Å². The highest BCUT2D eigenvalue weighted by Gasteiger charge is 2.29. The molecule has 0 saturated carbocycles. The number of hydrogen-bond donors (Lipinski definition) is 1. The third kappa shape index (κ3) is 7.31. The smallest absolute Gasteiger partial charge is 0.261 e. The third-order valence-corrected chi connectivity index (χ3v) is 5.23. The maximum atomic E-state index is 13.2. The first-order valence-electron chi connectivity index (χ1n) is 10.8. The zero-order chi connectivity index (χ0) is 22.8. The fourth-order valence-electron chi connectivity index (χ4n) is 3.26. The van der Waals surface area contributed by atoms with E-state index in [0.717, 1.165) is 17.5 Å². The normalized spacial score (nSPS) is 12.5. The van der Waals surface area contributed by atoms with E-state index in [2.05, 4.69) is 5.32 Å². The minimum Gasteiger partial charge on any atom is -0.497 e. The monoisotopic (exact) mass is 426 g/mol. The second-order valence-corrected chi connectivity index (χ2v) is 7.72. The van der Waals surface area contributed by atoms with Crippen LogP contribution in [0.15, 0.2) is 48.5 Å². The Labute approximate surface area is 185 Å². The second kappa shape index (κ2) is 12.0. The van der Waals surface area contributed by atoms with Crippen molar-refractivity contribution < 1.29 is 19.1 Å². The quantitative estimate of drug-likeness (QED) is 0.587. The molecule has 2 atom stereocenters. The molecule has 6 nitrogen and oxygen atoms in total. The Bertz CT molecular complexity index is 868. The van der Waals surface area contributed by atoms with Crippen molar-refractivity contribution in [1.82, 2.24) is 10.2 Å². The summed E-state index contributed by atoms with van der Waals surface area (Å²) in [5.41, 5.74) is 1.94. The molecule has 2 amide bonds. The molecule has 2 rings (SSSR count). The molecule has 0 fully saturated rings. The Morgan fingerprint density at radius 1 is 1.03 bits per heavy atom. The number of ether oxygens (including phenoxy) is 2. The van der Waals surface area contributed by atoms with Gasteiger partial charge in [-0.1, -0.05) is 38.1 Å². The van der Waals surface area contributed by atoms with Crippen LogP contribution in [0.3, 0.4) is 0 Å². The van der Waals surface area contributed by atoms with Gasteiger partial charge in [0.2, 0.25) is 5.91 Å². The zero-order valence-corrected chi connectivity index (χ0v) is 19.2. The van der Waals surface area contributed by atoms with Gasteiger partial charge in [-0.2, -0.15) is 0 Å². The molecule has 0 saturated heterocycles. The van der Waals surface area contributed by atoms with Gasteiger partial charge in [0.25, 0.3) is 5.91 Å². The van der Waals surface area contributed by atoms with Crippen LogP contribution in [0.5, 0.6) is 11.5 Å². The number of hydrogen-bond acceptors (Lipinski definition) is 4. The Morgan fingerprint density at radius 2 is 1.74 bits per heavy atom. The Morgan fingerprint density at radius 3 is 2.39 bits per heavy atom. The number of amides is 2. The molecule has 0 aliphatic heterocycles. The number of carbonyl (C=O) groups excluding carboxylic acids is 2. The molecule has 2 aromatic carbocycles. The second-order valence-electron chi connectivity index (χ2n) is 7.72. The van der Waals surface area contributed by atoms with Crippen LogP contribution in [0.2, 0.25) is 0 Å². The molecule has 6 heteroatoms. The summed E-state index contributed by atoms with van der Waals surface area (Å²) >= 11 is 0. The lowest BCUT2D eigenvalue weighted by molar-refractivity contribution is -0.143. The lowest BCUT2D eigenvalue weighted by Crippen LogP contribution is -2.51. The number of nitrogens with one attached hydrogen (secondary N) is 1. The molecule has 0 spiro atoms. The molecule has 168 valence electrons. The molecule has 1 N–H and O–H groups in total. The molecule has 0 aliphatic carbocycles. The van der Waals surface area contributed by atoms with Crippen LogP contribution in [0.4, 0.5) is 0 Å². The summed E-state index contributed by atoms with van der Waals surface area (Å²) in [5, 5.41) is 3.01. The fraction of sp³-hybridized carbons (Fsp3) is 0.440. The minimum atomic E-state index is -0.589. The number of nitrogens with zero attached hydrogens (tertiary/aromatic N) is 1. The largest absolute Gasteiger partial charge is 0.497 e. The molecule has 31 heavy (non-hydrogen) atoms. The number of aryl methyl sites for hydroxylation is 1. The van der Waals surface area contributed by atoms with Crippen LogP contribution in [-0.4, -0.2) is 42.5 Å². The Hall–Kier alpha value is -3.02. The third-order valence-electron chi connectivity index (χ3n) is 5.23. The van der Waals surface area contributed by atoms with Crippen molar-refractivity contribution in [3.05, 3.63) is 59.7 Å². The van der Waals surface area contributed by atoms with Gasteiger partial charge in [0.1, 0.15) is 17.5 Å². The highest BCUT2D eigenvalue weighted by Crippen LogP contribution is 2.18. The summed E-state index contributed by atoms with van der Waals surface area (Å²) in [5.74, 6) is 0.948. The van der Waals surface area contributed by atoms with Crippen molar-refractivity contribution in [2.75, 3.05) is 13.7 Å². The average Bonchev–Trinajstić information content (AvgIpc) is 2.77. The van der Waals surface area contributed by atoms with E-state index in [0.29, 0.717) is 24.5 Å². The molecule has 0 unspecified atom stereocenters. The summed E-state index contributed by atoms with van der Waals surface area (Å²) in [7, 11) is 1.60. The molecular formula is C25H34N2O4. The first-order valence-corrected chi connectivity index (χ1v) is 10.8. The minimum absolute atomic E-state index is 0.0406. The highest BCUT2D eigenvalue weighted by atomic mass is 16.5. The van der Waals surface area contributed by atoms with Crippen LogP contribution >= 0.6 is 0 Å². The van der Waals surface area contributed by atoms with Crippen LogP contribution in [0, 0.1) is 6.92 Å². The first-order chi connectivity index (χ1) is 14.9. The predicted octanol–water partition coefficient (Wildman–Crippen LogP) is 4.10. The molecule has 0 radical (unpaired) electrons. The van der Waals surface area contributed by atoms with Gasteiger partial charge in [0.05, 0.1) is 7.11 Å². The summed E-state index contributed by atoms with van der Waals surface area (Å²) in [6, 6.07) is 14.5. The molecule has 2 aromatic rings. The molecule has 0 bridgehead atoms. The van der Waals surface area contributed by atoms with Crippen molar-refractivity contribution in [2.24, 2.45) is 0 Å². The standard InChI is InChI=1S/C25H34N2O4/c1-6-19(4)26-25(29)23(7-2)27(16-20-11-9-12-21(15-20)30-5)24(28)17-31-22-13-8-10-18(3)14-22/h8-15,19,23H,6-7,16-17H2,1-5H3,(H,26,29)/t19-,23-/m0/s1. The molecule has 0 aliphatic rings. The van der Waals surface area contributed by atoms with Crippen molar-refractivity contribution in [1.29, 1.82) is 0 Å². The lowest BCUT2D eigenvalue weighted by Gasteiger charge is -2.31. The van der Waals surface area contributed by atoms with Crippen LogP contribution in [-0.2, 0) is 16.1 Å². The van der Waals surface area contributed by atoms with E-state index in [4.69, 9.17) is 9.47 Å². The Kier molecular flexibility index (Phi) is 9.38. The van der Waals surface area contributed by atoms with Gasteiger partial charge in [0, 0.05) is 12.6 Å². The van der Waals surface area contributed by atoms with Crippen molar-refractivity contribution in [3.8, 4) is 11.5 Å². The van der Waals surface area contributed by atoms with E-state index in [9.17, 15) is 9.59 Å². The number of benzene rings is 2. The fourth-order valence-corrected chi connectivity index (χ4v) is 3.26. The van der Waals surface area contributed by atoms with Gasteiger partial charge in [-0.15, -0.1) is 0 Å². The SMILES string of the molecule is CC[C@H](C)NC(=O)[C@H](CC)N(Cc1cccc(OC)c1)C(=O)COc1cccc(C)c1. The van der Waals surface area contributed by atoms with E-state index in [1.807, 2.05) is 76.2 Å². The molecule has 0 aromatic heterocycles. The zero-order valence-electron chi connectivity index (χ0n) is 19.2. The highest BCUT2D eigenvalue weighted by molar-refractivity contribution is 5.88. The van der Waals surface area contributed by atoms with Gasteiger partial charge in [0.15, 0.2) is 6.61 Å². The number of methoxy groups -OCH3 is 1. The van der Waals surface area contributed by atoms with Crippen molar-refractivity contribution in [2.45, 2.75) is 59.2 Å². The summed E-state index contributed by atoms with van der Waals surface area (Å²) in [6.45, 7) is 8.00. The van der Waals surface area contributed by atoms with Gasteiger partial charge in [-0.3, -0.25) is 9.59 Å². The van der Waals surface area contributed by atoms with Gasteiger partial charge < -0.3 is 19.7 Å². The first kappa shape index (κ1) is 24.3. The maximum absolute atomic E-state index is 13.2. The van der Waals surface area contributed by atoms with E-state index in [-0.39, 0.29) is 24.5 Å². The predicted molar refractivity (Wildman–Crippen MR) is 122 cm³/mol.